The summed E-state index contributed by atoms with van der Waals surface area (Å²) in [5.41, 5.74) is 3.35. The molecule has 2 aliphatic rings. The number of carbonyl (C=O) groups is 1. The van der Waals surface area contributed by atoms with E-state index < -0.39 is 5.09 Å². The molecule has 10 nitrogen and oxygen atoms in total. The summed E-state index contributed by atoms with van der Waals surface area (Å²) in [6, 6.07) is 9.90. The molecule has 182 valence electrons. The van der Waals surface area contributed by atoms with E-state index in [-0.39, 0.29) is 25.8 Å². The first-order chi connectivity index (χ1) is 17.0. The van der Waals surface area contributed by atoms with E-state index in [0.717, 1.165) is 46.5 Å². The van der Waals surface area contributed by atoms with Gasteiger partial charge in [0.15, 0.2) is 35.7 Å². The van der Waals surface area contributed by atoms with E-state index >= 15 is 0 Å². The summed E-state index contributed by atoms with van der Waals surface area (Å²) in [7, 11) is 1.54. The second-order valence-electron chi connectivity index (χ2n) is 8.41. The summed E-state index contributed by atoms with van der Waals surface area (Å²) in [5.74, 6) is 2.00. The van der Waals surface area contributed by atoms with Gasteiger partial charge in [-0.25, -0.2) is 0 Å². The number of rotatable bonds is 9. The maximum atomic E-state index is 12.6. The number of methoxy groups -OCH3 is 1. The van der Waals surface area contributed by atoms with Crippen molar-refractivity contribution in [1.82, 2.24) is 0 Å². The fraction of sp³-hybridized carbons (Fsp3) is 0.360. The summed E-state index contributed by atoms with van der Waals surface area (Å²) in [6.45, 7) is 1.03. The van der Waals surface area contributed by atoms with Crippen LogP contribution in [0.4, 0.5) is 0 Å². The molecule has 0 saturated carbocycles. The third kappa shape index (κ3) is 4.64. The van der Waals surface area contributed by atoms with Gasteiger partial charge in [0.05, 0.1) is 24.7 Å². The van der Waals surface area contributed by atoms with Gasteiger partial charge in [-0.2, -0.15) is 4.57 Å². The molecule has 0 radical (unpaired) electrons. The zero-order valence-corrected chi connectivity index (χ0v) is 19.3. The SMILES string of the molecule is COc1ccc2cc3[n+](cc2c1OC(=O)CCCCCO[N+](=O)[O-])CCc1cc2c(cc1-3)OCO2. The van der Waals surface area contributed by atoms with Gasteiger partial charge in [-0.15, -0.1) is 10.1 Å². The summed E-state index contributed by atoms with van der Waals surface area (Å²) in [5, 5.41) is 11.1. The van der Waals surface area contributed by atoms with Gasteiger partial charge in [0, 0.05) is 18.9 Å². The molecule has 1 aromatic heterocycles. The molecule has 0 spiro atoms. The van der Waals surface area contributed by atoms with E-state index in [2.05, 4.69) is 21.5 Å². The van der Waals surface area contributed by atoms with Crippen LogP contribution in [0.2, 0.25) is 0 Å². The van der Waals surface area contributed by atoms with Crippen LogP contribution < -0.4 is 23.5 Å². The molecule has 35 heavy (non-hydrogen) atoms. The van der Waals surface area contributed by atoms with E-state index in [0.29, 0.717) is 30.8 Å². The Kier molecular flexibility index (Phi) is 6.26. The number of carbonyl (C=O) groups excluding carboxylic acids is 1. The van der Waals surface area contributed by atoms with Crippen molar-refractivity contribution in [3.63, 3.8) is 0 Å². The van der Waals surface area contributed by atoms with Crippen LogP contribution in [0.15, 0.2) is 36.5 Å². The monoisotopic (exact) mass is 481 g/mol. The van der Waals surface area contributed by atoms with E-state index in [9.17, 15) is 14.9 Å². The van der Waals surface area contributed by atoms with Crippen LogP contribution in [-0.4, -0.2) is 31.6 Å². The topological polar surface area (TPSA) is 110 Å². The van der Waals surface area contributed by atoms with Gasteiger partial charge in [-0.3, -0.25) is 4.79 Å². The molecule has 0 atom stereocenters. The maximum absolute atomic E-state index is 12.6. The van der Waals surface area contributed by atoms with Gasteiger partial charge in [-0.05, 0) is 48.1 Å². The number of aromatic nitrogens is 1. The summed E-state index contributed by atoms with van der Waals surface area (Å²) in [6.07, 6.45) is 4.70. The minimum Gasteiger partial charge on any atom is -0.493 e. The summed E-state index contributed by atoms with van der Waals surface area (Å²) >= 11 is 0. The molecule has 0 unspecified atom stereocenters. The standard InChI is InChI=1S/C25H25N2O8/c1-31-21-7-6-16-11-20-18-13-23-22(32-15-33-23)12-17(18)8-9-26(20)14-19(16)25(21)35-24(28)5-3-2-4-10-34-27(29)30/h6-7,11-14H,2-5,8-10,15H2,1H3/q+1. The predicted molar refractivity (Wildman–Crippen MR) is 123 cm³/mol. The minimum absolute atomic E-state index is 0.0204. The number of esters is 1. The second kappa shape index (κ2) is 9.65. The van der Waals surface area contributed by atoms with Crippen LogP contribution in [0, 0.1) is 10.1 Å². The van der Waals surface area contributed by atoms with Crippen LogP contribution in [0.1, 0.15) is 31.2 Å². The van der Waals surface area contributed by atoms with E-state index in [4.69, 9.17) is 18.9 Å². The first-order valence-electron chi connectivity index (χ1n) is 11.5. The Balaban J connectivity index is 1.38. The van der Waals surface area contributed by atoms with Crippen molar-refractivity contribution >= 4 is 16.7 Å². The van der Waals surface area contributed by atoms with Gasteiger partial charge in [0.25, 0.3) is 5.09 Å². The average Bonchev–Trinajstić information content (AvgIpc) is 3.31. The predicted octanol–water partition coefficient (Wildman–Crippen LogP) is 3.76. The highest BCUT2D eigenvalue weighted by atomic mass is 16.9. The molecular formula is C25H25N2O8+. The van der Waals surface area contributed by atoms with Crippen LogP contribution in [0.3, 0.4) is 0 Å². The number of unbranched alkanes of at least 4 members (excludes halogenated alkanes) is 2. The first kappa shape index (κ1) is 22.7. The molecule has 3 aromatic rings. The molecule has 0 bridgehead atoms. The van der Waals surface area contributed by atoms with Crippen molar-refractivity contribution in [2.75, 3.05) is 20.5 Å². The van der Waals surface area contributed by atoms with Crippen molar-refractivity contribution < 1.29 is 38.2 Å². The number of benzene rings is 2. The van der Waals surface area contributed by atoms with Crippen LogP contribution in [0.25, 0.3) is 22.0 Å². The van der Waals surface area contributed by atoms with Crippen molar-refractivity contribution in [2.45, 2.75) is 38.6 Å². The maximum Gasteiger partial charge on any atom is 0.311 e. The van der Waals surface area contributed by atoms with Gasteiger partial charge in [-0.1, -0.05) is 6.42 Å². The zero-order chi connectivity index (χ0) is 24.4. The molecule has 2 aliphatic heterocycles. The van der Waals surface area contributed by atoms with Crippen molar-refractivity contribution in [2.24, 2.45) is 0 Å². The molecule has 0 saturated heterocycles. The number of fused-ring (bicyclic) bond motifs is 5. The van der Waals surface area contributed by atoms with Gasteiger partial charge in [0.1, 0.15) is 0 Å². The van der Waals surface area contributed by atoms with Crippen molar-refractivity contribution in [3.05, 3.63) is 52.2 Å². The normalized spacial score (nSPS) is 13.2. The number of ether oxygens (including phenoxy) is 4. The molecule has 5 rings (SSSR count). The molecule has 0 fully saturated rings. The lowest BCUT2D eigenvalue weighted by Crippen LogP contribution is -2.40. The van der Waals surface area contributed by atoms with E-state index in [1.165, 1.54) is 12.7 Å². The Labute approximate surface area is 201 Å². The lowest BCUT2D eigenvalue weighted by Gasteiger charge is -2.17. The number of hydrogen-bond acceptors (Lipinski definition) is 8. The van der Waals surface area contributed by atoms with Gasteiger partial charge >= 0.3 is 5.97 Å². The number of pyridine rings is 1. The van der Waals surface area contributed by atoms with E-state index in [1.807, 2.05) is 18.3 Å². The molecule has 0 amide bonds. The molecule has 2 aromatic carbocycles. The highest BCUT2D eigenvalue weighted by Crippen LogP contribution is 2.41. The fourth-order valence-corrected chi connectivity index (χ4v) is 4.52. The Bertz CT molecular complexity index is 1310. The van der Waals surface area contributed by atoms with E-state index in [1.54, 1.807) is 6.07 Å². The molecule has 0 aliphatic carbocycles. The quantitative estimate of drug-likeness (QED) is 0.113. The Morgan fingerprint density at radius 1 is 1.14 bits per heavy atom. The Hall–Kier alpha value is -4.08. The van der Waals surface area contributed by atoms with Crippen LogP contribution in [-0.2, 0) is 22.6 Å². The number of aryl methyl sites for hydroxylation is 2. The molecular weight excluding hydrogens is 456 g/mol. The lowest BCUT2D eigenvalue weighted by atomic mass is 9.95. The highest BCUT2D eigenvalue weighted by molar-refractivity contribution is 5.93. The fourth-order valence-electron chi connectivity index (χ4n) is 4.52. The third-order valence-corrected chi connectivity index (χ3v) is 6.23. The third-order valence-electron chi connectivity index (χ3n) is 6.23. The van der Waals surface area contributed by atoms with Crippen molar-refractivity contribution in [3.8, 4) is 34.3 Å². The largest absolute Gasteiger partial charge is 0.493 e. The Morgan fingerprint density at radius 3 is 2.77 bits per heavy atom. The van der Waals surface area contributed by atoms with Crippen LogP contribution >= 0.6 is 0 Å². The van der Waals surface area contributed by atoms with Gasteiger partial charge in [0.2, 0.25) is 12.5 Å². The average molecular weight is 481 g/mol. The molecule has 0 N–H and O–H groups in total. The summed E-state index contributed by atoms with van der Waals surface area (Å²) in [4.78, 5) is 27.1. The Morgan fingerprint density at radius 2 is 1.97 bits per heavy atom. The van der Waals surface area contributed by atoms with Crippen LogP contribution in [0.5, 0.6) is 23.0 Å². The second-order valence-corrected chi connectivity index (χ2v) is 8.41. The molecule has 3 heterocycles. The van der Waals surface area contributed by atoms with Crippen molar-refractivity contribution in [1.29, 1.82) is 0 Å². The van der Waals surface area contributed by atoms with Gasteiger partial charge < -0.3 is 23.8 Å². The minimum atomic E-state index is -0.814. The lowest BCUT2D eigenvalue weighted by molar-refractivity contribution is -0.757. The molecule has 10 heteroatoms. The summed E-state index contributed by atoms with van der Waals surface area (Å²) < 4.78 is 24.5. The first-order valence-corrected chi connectivity index (χ1v) is 11.5. The number of nitrogens with zero attached hydrogens (tertiary/aromatic N) is 2. The number of hydrogen-bond donors (Lipinski definition) is 0. The zero-order valence-electron chi connectivity index (χ0n) is 19.3. The smallest absolute Gasteiger partial charge is 0.311 e. The highest BCUT2D eigenvalue weighted by Gasteiger charge is 2.29.